The summed E-state index contributed by atoms with van der Waals surface area (Å²) in [6.45, 7) is 8.84. The molecule has 0 spiro atoms. The summed E-state index contributed by atoms with van der Waals surface area (Å²) in [5.41, 5.74) is 10.5. The molecule has 3 nitrogen and oxygen atoms in total. The molecule has 0 aliphatic rings. The van der Waals surface area contributed by atoms with Crippen molar-refractivity contribution in [1.82, 2.24) is 9.97 Å². The topological polar surface area (TPSA) is 51.8 Å². The minimum atomic E-state index is 0.238. The molecule has 2 aromatic rings. The van der Waals surface area contributed by atoms with E-state index in [1.807, 2.05) is 13.8 Å². The lowest BCUT2D eigenvalue weighted by atomic mass is 10.2. The lowest BCUT2D eigenvalue weighted by Gasteiger charge is -2.14. The van der Waals surface area contributed by atoms with Gasteiger partial charge in [0.25, 0.3) is 0 Å². The first-order chi connectivity index (χ1) is 9.02. The summed E-state index contributed by atoms with van der Waals surface area (Å²) in [6, 6.07) is 2.13. The first kappa shape index (κ1) is 14.5. The lowest BCUT2D eigenvalue weighted by molar-refractivity contribution is 0.865. The zero-order valence-electron chi connectivity index (χ0n) is 11.7. The summed E-state index contributed by atoms with van der Waals surface area (Å²) in [7, 11) is 0. The van der Waals surface area contributed by atoms with Crippen molar-refractivity contribution in [2.24, 2.45) is 5.73 Å². The molecule has 1 atom stereocenters. The predicted molar refractivity (Wildman–Crippen MR) is 83.0 cm³/mol. The highest BCUT2D eigenvalue weighted by Gasteiger charge is 2.17. The summed E-state index contributed by atoms with van der Waals surface area (Å²) in [4.78, 5) is 10.4. The Morgan fingerprint density at radius 3 is 2.32 bits per heavy atom. The minimum absolute atomic E-state index is 0.238. The molecule has 1 unspecified atom stereocenters. The van der Waals surface area contributed by atoms with Crippen LogP contribution in [0.2, 0.25) is 0 Å². The summed E-state index contributed by atoms with van der Waals surface area (Å²) in [5.74, 6) is 0. The Hall–Kier alpha value is -0.910. The molecule has 2 N–H and O–H groups in total. The van der Waals surface area contributed by atoms with Crippen molar-refractivity contribution in [3.63, 3.8) is 0 Å². The van der Waals surface area contributed by atoms with Crippen LogP contribution in [-0.4, -0.2) is 16.5 Å². The molecule has 0 fully saturated rings. The van der Waals surface area contributed by atoms with Gasteiger partial charge in [-0.15, -0.1) is 11.3 Å². The molecule has 0 aromatic carbocycles. The van der Waals surface area contributed by atoms with E-state index in [0.29, 0.717) is 6.54 Å². The van der Waals surface area contributed by atoms with Crippen molar-refractivity contribution in [3.05, 3.63) is 38.8 Å². The van der Waals surface area contributed by atoms with Gasteiger partial charge in [-0.1, -0.05) is 11.8 Å². The van der Waals surface area contributed by atoms with Gasteiger partial charge in [-0.3, -0.25) is 0 Å². The van der Waals surface area contributed by atoms with Crippen LogP contribution in [0.5, 0.6) is 0 Å². The third-order valence-corrected chi connectivity index (χ3v) is 5.66. The molecule has 0 aliphatic carbocycles. The number of aromatic nitrogens is 2. The number of hydrogen-bond donors (Lipinski definition) is 1. The number of nitrogens with two attached hydrogens (primary N) is 1. The molecule has 0 saturated carbocycles. The van der Waals surface area contributed by atoms with E-state index in [0.717, 1.165) is 16.5 Å². The zero-order chi connectivity index (χ0) is 14.0. The average molecular weight is 293 g/mol. The van der Waals surface area contributed by atoms with Gasteiger partial charge < -0.3 is 5.73 Å². The first-order valence-electron chi connectivity index (χ1n) is 6.25. The molecule has 102 valence electrons. The van der Waals surface area contributed by atoms with Crippen LogP contribution in [0.4, 0.5) is 0 Å². The molecular weight excluding hydrogens is 274 g/mol. The maximum Gasteiger partial charge on any atom is 0.188 e. The van der Waals surface area contributed by atoms with Gasteiger partial charge in [0, 0.05) is 22.8 Å². The third kappa shape index (κ3) is 3.16. The van der Waals surface area contributed by atoms with Crippen LogP contribution in [0.15, 0.2) is 16.6 Å². The first-order valence-corrected chi connectivity index (χ1v) is 8.01. The molecule has 2 rings (SSSR count). The van der Waals surface area contributed by atoms with Gasteiger partial charge in [0.15, 0.2) is 5.16 Å². The Morgan fingerprint density at radius 2 is 1.84 bits per heavy atom. The van der Waals surface area contributed by atoms with E-state index >= 15 is 0 Å². The Morgan fingerprint density at radius 1 is 1.21 bits per heavy atom. The molecule has 0 amide bonds. The van der Waals surface area contributed by atoms with Gasteiger partial charge in [0.05, 0.1) is 5.25 Å². The number of hydrogen-bond acceptors (Lipinski definition) is 5. The van der Waals surface area contributed by atoms with Crippen LogP contribution in [0.25, 0.3) is 0 Å². The summed E-state index contributed by atoms with van der Waals surface area (Å²) in [5, 5.41) is 3.17. The normalized spacial score (nSPS) is 12.7. The number of thioether (sulfide) groups is 1. The van der Waals surface area contributed by atoms with Crippen molar-refractivity contribution in [2.45, 2.75) is 38.1 Å². The third-order valence-electron chi connectivity index (χ3n) is 3.27. The highest BCUT2D eigenvalue weighted by atomic mass is 32.2. The number of nitrogens with zero attached hydrogens (tertiary/aromatic N) is 2. The van der Waals surface area contributed by atoms with Crippen LogP contribution in [-0.2, 0) is 0 Å². The highest BCUT2D eigenvalue weighted by Crippen LogP contribution is 2.37. The van der Waals surface area contributed by atoms with Gasteiger partial charge in [0.2, 0.25) is 0 Å². The Labute approximate surface area is 122 Å². The monoisotopic (exact) mass is 293 g/mol. The van der Waals surface area contributed by atoms with Crippen molar-refractivity contribution < 1.29 is 0 Å². The summed E-state index contributed by atoms with van der Waals surface area (Å²) in [6.07, 6.45) is 0. The average Bonchev–Trinajstić information content (AvgIpc) is 2.79. The number of rotatable bonds is 4. The second-order valence-electron chi connectivity index (χ2n) is 4.61. The fourth-order valence-corrected chi connectivity index (χ4v) is 4.10. The molecule has 0 bridgehead atoms. The van der Waals surface area contributed by atoms with Gasteiger partial charge in [-0.2, -0.15) is 0 Å². The maximum atomic E-state index is 5.92. The van der Waals surface area contributed by atoms with Gasteiger partial charge in [-0.25, -0.2) is 9.97 Å². The van der Waals surface area contributed by atoms with Crippen LogP contribution in [0.1, 0.15) is 32.6 Å². The molecule has 0 aliphatic heterocycles. The molecule has 2 aromatic heterocycles. The summed E-state index contributed by atoms with van der Waals surface area (Å²) < 4.78 is 0. The minimum Gasteiger partial charge on any atom is -0.329 e. The van der Waals surface area contributed by atoms with E-state index in [1.54, 1.807) is 23.1 Å². The molecular formula is C14H19N3S2. The number of aryl methyl sites for hydroxylation is 3. The van der Waals surface area contributed by atoms with E-state index < -0.39 is 0 Å². The van der Waals surface area contributed by atoms with Crippen LogP contribution in [0.3, 0.4) is 0 Å². The standard InChI is InChI=1S/C14H19N3S2/c1-8-5-6-18-13(8)12(7-15)19-14-16-10(3)9(2)11(4)17-14/h5-6,12H,7,15H2,1-4H3. The van der Waals surface area contributed by atoms with E-state index in [-0.39, 0.29) is 5.25 Å². The molecule has 5 heteroatoms. The predicted octanol–water partition coefficient (Wildman–Crippen LogP) is 3.56. The Bertz CT molecular complexity index is 555. The largest absolute Gasteiger partial charge is 0.329 e. The van der Waals surface area contributed by atoms with E-state index in [4.69, 9.17) is 5.73 Å². The van der Waals surface area contributed by atoms with Crippen molar-refractivity contribution >= 4 is 23.1 Å². The number of thiophene rings is 1. The van der Waals surface area contributed by atoms with Crippen molar-refractivity contribution in [2.75, 3.05) is 6.54 Å². The zero-order valence-corrected chi connectivity index (χ0v) is 13.4. The molecule has 0 saturated heterocycles. The van der Waals surface area contributed by atoms with Crippen LogP contribution < -0.4 is 5.73 Å². The van der Waals surface area contributed by atoms with E-state index in [9.17, 15) is 0 Å². The maximum absolute atomic E-state index is 5.92. The van der Waals surface area contributed by atoms with E-state index in [1.165, 1.54) is 16.0 Å². The quantitative estimate of drug-likeness (QED) is 0.691. The van der Waals surface area contributed by atoms with Crippen molar-refractivity contribution in [1.29, 1.82) is 0 Å². The summed E-state index contributed by atoms with van der Waals surface area (Å²) >= 11 is 3.42. The molecule has 2 heterocycles. The van der Waals surface area contributed by atoms with Gasteiger partial charge in [-0.05, 0) is 50.3 Å². The molecule has 0 radical (unpaired) electrons. The Balaban J connectivity index is 2.27. The fourth-order valence-electron chi connectivity index (χ4n) is 1.84. The fraction of sp³-hybridized carbons (Fsp3) is 0.429. The highest BCUT2D eigenvalue weighted by molar-refractivity contribution is 7.99. The Kier molecular flexibility index (Phi) is 4.60. The van der Waals surface area contributed by atoms with E-state index in [2.05, 4.69) is 35.3 Å². The van der Waals surface area contributed by atoms with Gasteiger partial charge in [0.1, 0.15) is 0 Å². The SMILES string of the molecule is Cc1ccsc1C(CN)Sc1nc(C)c(C)c(C)n1. The second-order valence-corrected chi connectivity index (χ2v) is 6.73. The van der Waals surface area contributed by atoms with Crippen LogP contribution >= 0.6 is 23.1 Å². The van der Waals surface area contributed by atoms with Crippen LogP contribution in [0, 0.1) is 27.7 Å². The lowest BCUT2D eigenvalue weighted by Crippen LogP contribution is -2.10. The van der Waals surface area contributed by atoms with Gasteiger partial charge >= 0.3 is 0 Å². The second kappa shape index (κ2) is 6.03. The van der Waals surface area contributed by atoms with Crippen molar-refractivity contribution in [3.8, 4) is 0 Å². The smallest absolute Gasteiger partial charge is 0.188 e. The molecule has 19 heavy (non-hydrogen) atoms.